The molecular formula is C21H18ClN3OS2. The summed E-state index contributed by atoms with van der Waals surface area (Å²) in [5, 5.41) is 4.20. The zero-order valence-corrected chi connectivity index (χ0v) is 17.5. The van der Waals surface area contributed by atoms with Crippen LogP contribution in [-0.2, 0) is 10.8 Å². The number of benzene rings is 2. The predicted molar refractivity (Wildman–Crippen MR) is 120 cm³/mol. The Labute approximate surface area is 175 Å². The smallest absolute Gasteiger partial charge is 0.147 e. The van der Waals surface area contributed by atoms with E-state index in [0.717, 1.165) is 32.0 Å². The number of rotatable bonds is 6. The van der Waals surface area contributed by atoms with Crippen molar-refractivity contribution in [3.63, 3.8) is 0 Å². The van der Waals surface area contributed by atoms with Gasteiger partial charge in [-0.1, -0.05) is 54.1 Å². The van der Waals surface area contributed by atoms with E-state index >= 15 is 0 Å². The number of nitrogens with zero attached hydrogens (tertiary/aromatic N) is 2. The van der Waals surface area contributed by atoms with Crippen molar-refractivity contribution in [3.8, 4) is 10.4 Å². The lowest BCUT2D eigenvalue weighted by molar-refractivity contribution is 0.682. The summed E-state index contributed by atoms with van der Waals surface area (Å²) in [7, 11) is -0.945. The van der Waals surface area contributed by atoms with Crippen molar-refractivity contribution in [2.24, 2.45) is 0 Å². The first-order valence-electron chi connectivity index (χ1n) is 8.72. The molecule has 2 aromatic carbocycles. The van der Waals surface area contributed by atoms with Gasteiger partial charge in [0.2, 0.25) is 0 Å². The van der Waals surface area contributed by atoms with Crippen molar-refractivity contribution in [2.75, 3.05) is 17.3 Å². The topological polar surface area (TPSA) is 54.9 Å². The third-order valence-corrected chi connectivity index (χ3v) is 6.59. The summed E-state index contributed by atoms with van der Waals surface area (Å²) < 4.78 is 12.9. The van der Waals surface area contributed by atoms with Gasteiger partial charge in [0.05, 0.1) is 16.3 Å². The fourth-order valence-electron chi connectivity index (χ4n) is 3.02. The van der Waals surface area contributed by atoms with Crippen LogP contribution in [0.4, 0.5) is 5.82 Å². The summed E-state index contributed by atoms with van der Waals surface area (Å²) in [6.45, 7) is 0. The maximum absolute atomic E-state index is 11.9. The zero-order valence-electron chi connectivity index (χ0n) is 15.1. The molecule has 2 aromatic heterocycles. The lowest BCUT2D eigenvalue weighted by atomic mass is 10.1. The Kier molecular flexibility index (Phi) is 5.71. The molecule has 2 atom stereocenters. The van der Waals surface area contributed by atoms with E-state index in [9.17, 15) is 4.21 Å². The normalized spacial score (nSPS) is 13.4. The van der Waals surface area contributed by atoms with E-state index in [1.165, 1.54) is 0 Å². The number of thiophene rings is 1. The standard InChI is InChI=1S/C21H18ClN3OS2/c1-28(26)12-18(14-5-3-2-4-6-14)25-21-20-17(23-13-24-21)11-19(27-20)15-7-9-16(22)10-8-15/h2-11,13,18H,12H2,1H3,(H,23,24,25)/t18-,28-/m1/s1. The van der Waals surface area contributed by atoms with Gasteiger partial charge in [-0.05, 0) is 29.3 Å². The summed E-state index contributed by atoms with van der Waals surface area (Å²) in [4.78, 5) is 9.99. The highest BCUT2D eigenvalue weighted by Crippen LogP contribution is 2.37. The number of anilines is 1. The second-order valence-corrected chi connectivity index (χ2v) is 9.37. The molecule has 0 fully saturated rings. The van der Waals surface area contributed by atoms with Crippen molar-refractivity contribution >= 4 is 49.8 Å². The van der Waals surface area contributed by atoms with Crippen LogP contribution in [0.2, 0.25) is 5.02 Å². The summed E-state index contributed by atoms with van der Waals surface area (Å²) in [6, 6.07) is 19.8. The van der Waals surface area contributed by atoms with Crippen molar-refractivity contribution in [1.82, 2.24) is 9.97 Å². The molecular weight excluding hydrogens is 410 g/mol. The van der Waals surface area contributed by atoms with Crippen LogP contribution in [0.25, 0.3) is 20.7 Å². The van der Waals surface area contributed by atoms with Crippen LogP contribution in [0, 0.1) is 0 Å². The molecule has 0 spiro atoms. The van der Waals surface area contributed by atoms with E-state index in [4.69, 9.17) is 11.6 Å². The van der Waals surface area contributed by atoms with Gasteiger partial charge in [0.25, 0.3) is 0 Å². The van der Waals surface area contributed by atoms with Crippen LogP contribution in [-0.4, -0.2) is 26.2 Å². The first-order chi connectivity index (χ1) is 13.6. The Hall–Kier alpha value is -2.28. The average Bonchev–Trinajstić information content (AvgIpc) is 3.14. The molecule has 0 bridgehead atoms. The third kappa shape index (κ3) is 4.24. The molecule has 0 saturated carbocycles. The molecule has 0 aliphatic carbocycles. The van der Waals surface area contributed by atoms with Gasteiger partial charge in [0.1, 0.15) is 12.1 Å². The molecule has 4 nitrogen and oxygen atoms in total. The molecule has 2 heterocycles. The highest BCUT2D eigenvalue weighted by Gasteiger charge is 2.17. The summed E-state index contributed by atoms with van der Waals surface area (Å²) in [5.41, 5.74) is 3.06. The van der Waals surface area contributed by atoms with E-state index < -0.39 is 10.8 Å². The molecule has 28 heavy (non-hydrogen) atoms. The average molecular weight is 428 g/mol. The molecule has 1 N–H and O–H groups in total. The molecule has 0 saturated heterocycles. The van der Waals surface area contributed by atoms with E-state index in [1.807, 2.05) is 54.6 Å². The number of aromatic nitrogens is 2. The molecule has 4 aromatic rings. The highest BCUT2D eigenvalue weighted by atomic mass is 35.5. The van der Waals surface area contributed by atoms with Gasteiger partial charge in [-0.15, -0.1) is 11.3 Å². The largest absolute Gasteiger partial charge is 0.361 e. The van der Waals surface area contributed by atoms with Crippen LogP contribution in [0.15, 0.2) is 67.0 Å². The van der Waals surface area contributed by atoms with Gasteiger partial charge < -0.3 is 5.32 Å². The molecule has 0 unspecified atom stereocenters. The lowest BCUT2D eigenvalue weighted by Crippen LogP contribution is -2.18. The second-order valence-electron chi connectivity index (χ2n) is 6.40. The summed E-state index contributed by atoms with van der Waals surface area (Å²) in [6.07, 6.45) is 3.28. The van der Waals surface area contributed by atoms with E-state index in [-0.39, 0.29) is 6.04 Å². The van der Waals surface area contributed by atoms with E-state index in [2.05, 4.69) is 21.4 Å². The number of hydrogen-bond donors (Lipinski definition) is 1. The van der Waals surface area contributed by atoms with Crippen molar-refractivity contribution in [2.45, 2.75) is 6.04 Å². The quantitative estimate of drug-likeness (QED) is 0.438. The summed E-state index contributed by atoms with van der Waals surface area (Å²) >= 11 is 7.64. The van der Waals surface area contributed by atoms with Gasteiger partial charge in [-0.2, -0.15) is 0 Å². The van der Waals surface area contributed by atoms with Gasteiger partial charge >= 0.3 is 0 Å². The predicted octanol–water partition coefficient (Wildman–Crippen LogP) is 5.54. The van der Waals surface area contributed by atoms with Crippen LogP contribution >= 0.6 is 22.9 Å². The van der Waals surface area contributed by atoms with Gasteiger partial charge in [-0.3, -0.25) is 4.21 Å². The Morgan fingerprint density at radius 3 is 2.57 bits per heavy atom. The van der Waals surface area contributed by atoms with Crippen molar-refractivity contribution in [3.05, 3.63) is 77.6 Å². The second kappa shape index (κ2) is 8.39. The number of nitrogens with one attached hydrogen (secondary N) is 1. The molecule has 0 radical (unpaired) electrons. The van der Waals surface area contributed by atoms with Crippen LogP contribution < -0.4 is 5.32 Å². The van der Waals surface area contributed by atoms with Crippen molar-refractivity contribution in [1.29, 1.82) is 0 Å². The maximum atomic E-state index is 11.9. The SMILES string of the molecule is C[S@@](=O)C[C@@H](Nc1ncnc2cc(-c3ccc(Cl)cc3)sc12)c1ccccc1. The lowest BCUT2D eigenvalue weighted by Gasteiger charge is -2.19. The first kappa shape index (κ1) is 19.1. The van der Waals surface area contributed by atoms with Crippen LogP contribution in [0.1, 0.15) is 11.6 Å². The van der Waals surface area contributed by atoms with Gasteiger partial charge in [0.15, 0.2) is 0 Å². The molecule has 7 heteroatoms. The first-order valence-corrected chi connectivity index (χ1v) is 11.6. The Morgan fingerprint density at radius 1 is 1.11 bits per heavy atom. The monoisotopic (exact) mass is 427 g/mol. The minimum atomic E-state index is -0.945. The summed E-state index contributed by atoms with van der Waals surface area (Å²) in [5.74, 6) is 1.26. The van der Waals surface area contributed by atoms with Crippen molar-refractivity contribution < 1.29 is 4.21 Å². The Bertz CT molecular complexity index is 1110. The molecule has 4 rings (SSSR count). The maximum Gasteiger partial charge on any atom is 0.147 e. The molecule has 0 aliphatic rings. The third-order valence-electron chi connectivity index (χ3n) is 4.35. The number of fused-ring (bicyclic) bond motifs is 1. The van der Waals surface area contributed by atoms with Gasteiger partial charge in [-0.25, -0.2) is 9.97 Å². The van der Waals surface area contributed by atoms with Crippen LogP contribution in [0.5, 0.6) is 0 Å². The molecule has 0 amide bonds. The van der Waals surface area contributed by atoms with E-state index in [0.29, 0.717) is 10.8 Å². The van der Waals surface area contributed by atoms with Gasteiger partial charge in [0, 0.05) is 32.7 Å². The molecule has 0 aliphatic heterocycles. The fourth-order valence-corrected chi connectivity index (χ4v) is 4.96. The minimum Gasteiger partial charge on any atom is -0.361 e. The number of halogens is 1. The Balaban J connectivity index is 1.71. The van der Waals surface area contributed by atoms with E-state index in [1.54, 1.807) is 23.9 Å². The fraction of sp³-hybridized carbons (Fsp3) is 0.143. The minimum absolute atomic E-state index is 0.0915. The zero-order chi connectivity index (χ0) is 19.5. The van der Waals surface area contributed by atoms with Crippen LogP contribution in [0.3, 0.4) is 0 Å². The Morgan fingerprint density at radius 2 is 1.86 bits per heavy atom. The molecule has 142 valence electrons. The number of hydrogen-bond acceptors (Lipinski definition) is 5. The highest BCUT2D eigenvalue weighted by molar-refractivity contribution is 7.84.